The van der Waals surface area contributed by atoms with Gasteiger partial charge < -0.3 is 24.6 Å². The Balaban J connectivity index is 1.56. The summed E-state index contributed by atoms with van der Waals surface area (Å²) in [7, 11) is 3.31. The van der Waals surface area contributed by atoms with Gasteiger partial charge in [0.2, 0.25) is 0 Å². The third-order valence-corrected chi connectivity index (χ3v) is 4.49. The molecule has 1 aliphatic rings. The van der Waals surface area contributed by atoms with E-state index in [1.807, 2.05) is 35.2 Å². The fraction of sp³-hybridized carbons (Fsp3) is 0.368. The quantitative estimate of drug-likeness (QED) is 0.889. The third-order valence-electron chi connectivity index (χ3n) is 4.49. The van der Waals surface area contributed by atoms with Crippen LogP contribution in [0.15, 0.2) is 42.7 Å². The number of carbonyl (C=O) groups is 1. The van der Waals surface area contributed by atoms with Gasteiger partial charge >= 0.3 is 6.03 Å². The van der Waals surface area contributed by atoms with Crippen LogP contribution in [0.5, 0.6) is 11.5 Å². The molecule has 1 aliphatic heterocycles. The van der Waals surface area contributed by atoms with Gasteiger partial charge in [0, 0.05) is 51.2 Å². The van der Waals surface area contributed by atoms with Crippen LogP contribution < -0.4 is 19.7 Å². The predicted octanol–water partition coefficient (Wildman–Crippen LogP) is 2.13. The van der Waals surface area contributed by atoms with Crippen molar-refractivity contribution in [3.63, 3.8) is 0 Å². The SMILES string of the molecule is COc1ccc(OC)c(N2CCN(C(=O)NCc3ccncc3)CC2)c1. The molecule has 1 aromatic heterocycles. The van der Waals surface area contributed by atoms with Crippen molar-refractivity contribution in [1.29, 1.82) is 0 Å². The predicted molar refractivity (Wildman–Crippen MR) is 99.8 cm³/mol. The first-order valence-electron chi connectivity index (χ1n) is 8.60. The highest BCUT2D eigenvalue weighted by Crippen LogP contribution is 2.32. The minimum Gasteiger partial charge on any atom is -0.497 e. The lowest BCUT2D eigenvalue weighted by Crippen LogP contribution is -2.51. The number of nitrogens with one attached hydrogen (secondary N) is 1. The number of rotatable bonds is 5. The number of anilines is 1. The molecule has 0 spiro atoms. The Morgan fingerprint density at radius 1 is 1.08 bits per heavy atom. The van der Waals surface area contributed by atoms with E-state index in [4.69, 9.17) is 9.47 Å². The Hall–Kier alpha value is -2.96. The van der Waals surface area contributed by atoms with Crippen molar-refractivity contribution in [2.45, 2.75) is 6.54 Å². The normalized spacial score (nSPS) is 14.1. The Kier molecular flexibility index (Phi) is 5.78. The van der Waals surface area contributed by atoms with Crippen molar-refractivity contribution in [3.8, 4) is 11.5 Å². The summed E-state index contributed by atoms with van der Waals surface area (Å²) in [5, 5.41) is 2.96. The first-order valence-corrected chi connectivity index (χ1v) is 8.60. The topological polar surface area (TPSA) is 66.9 Å². The standard InChI is InChI=1S/C19H24N4O3/c1-25-16-3-4-18(26-2)17(13-16)22-9-11-23(12-10-22)19(24)21-14-15-5-7-20-8-6-15/h3-8,13H,9-12,14H2,1-2H3,(H,21,24). The van der Waals surface area contributed by atoms with Gasteiger partial charge in [0.1, 0.15) is 11.5 Å². The molecule has 0 atom stereocenters. The Morgan fingerprint density at radius 2 is 1.81 bits per heavy atom. The van der Waals surface area contributed by atoms with Crippen LogP contribution in [-0.2, 0) is 6.54 Å². The van der Waals surface area contributed by atoms with Crippen molar-refractivity contribution in [2.24, 2.45) is 0 Å². The smallest absolute Gasteiger partial charge is 0.317 e. The second kappa shape index (κ2) is 8.42. The van der Waals surface area contributed by atoms with Crippen molar-refractivity contribution >= 4 is 11.7 Å². The van der Waals surface area contributed by atoms with Gasteiger partial charge in [0.05, 0.1) is 19.9 Å². The van der Waals surface area contributed by atoms with E-state index in [1.54, 1.807) is 26.6 Å². The van der Waals surface area contributed by atoms with Crippen molar-refractivity contribution in [1.82, 2.24) is 15.2 Å². The van der Waals surface area contributed by atoms with E-state index in [-0.39, 0.29) is 6.03 Å². The zero-order chi connectivity index (χ0) is 18.4. The lowest BCUT2D eigenvalue weighted by Gasteiger charge is -2.36. The third kappa shape index (κ3) is 4.17. The largest absolute Gasteiger partial charge is 0.497 e. The van der Waals surface area contributed by atoms with E-state index in [2.05, 4.69) is 15.2 Å². The second-order valence-corrected chi connectivity index (χ2v) is 6.03. The number of amides is 2. The van der Waals surface area contributed by atoms with Crippen LogP contribution in [0.3, 0.4) is 0 Å². The molecule has 0 bridgehead atoms. The summed E-state index contributed by atoms with van der Waals surface area (Å²) in [5.41, 5.74) is 2.02. The van der Waals surface area contributed by atoms with E-state index >= 15 is 0 Å². The number of piperazine rings is 1. The number of nitrogens with zero attached hydrogens (tertiary/aromatic N) is 3. The zero-order valence-electron chi connectivity index (χ0n) is 15.1. The molecule has 2 amide bonds. The van der Waals surface area contributed by atoms with E-state index in [1.165, 1.54) is 0 Å². The van der Waals surface area contributed by atoms with Crippen LogP contribution in [0.25, 0.3) is 0 Å². The first-order chi connectivity index (χ1) is 12.7. The van der Waals surface area contributed by atoms with Crippen molar-refractivity contribution < 1.29 is 14.3 Å². The average molecular weight is 356 g/mol. The Bertz CT molecular complexity index is 731. The van der Waals surface area contributed by atoms with E-state index in [9.17, 15) is 4.79 Å². The number of ether oxygens (including phenoxy) is 2. The number of hydrogen-bond acceptors (Lipinski definition) is 5. The van der Waals surface area contributed by atoms with Gasteiger partial charge in [-0.05, 0) is 29.8 Å². The molecule has 7 heteroatoms. The van der Waals surface area contributed by atoms with Crippen molar-refractivity contribution in [2.75, 3.05) is 45.3 Å². The lowest BCUT2D eigenvalue weighted by molar-refractivity contribution is 0.194. The molecule has 7 nitrogen and oxygen atoms in total. The maximum absolute atomic E-state index is 12.4. The van der Waals surface area contributed by atoms with E-state index in [0.717, 1.165) is 35.8 Å². The van der Waals surface area contributed by atoms with Gasteiger partial charge in [-0.2, -0.15) is 0 Å². The molecular formula is C19H24N4O3. The van der Waals surface area contributed by atoms with Crippen LogP contribution in [0.4, 0.5) is 10.5 Å². The summed E-state index contributed by atoms with van der Waals surface area (Å²) in [6.07, 6.45) is 3.45. The maximum atomic E-state index is 12.4. The highest BCUT2D eigenvalue weighted by atomic mass is 16.5. The minimum atomic E-state index is -0.0425. The zero-order valence-corrected chi connectivity index (χ0v) is 15.1. The summed E-state index contributed by atoms with van der Waals surface area (Å²) in [6.45, 7) is 3.30. The highest BCUT2D eigenvalue weighted by Gasteiger charge is 2.23. The molecule has 1 N–H and O–H groups in total. The first kappa shape index (κ1) is 17.8. The monoisotopic (exact) mass is 356 g/mol. The molecule has 2 heterocycles. The molecule has 26 heavy (non-hydrogen) atoms. The highest BCUT2D eigenvalue weighted by molar-refractivity contribution is 5.74. The van der Waals surface area contributed by atoms with Gasteiger partial charge in [-0.3, -0.25) is 4.98 Å². The molecule has 138 valence electrons. The van der Waals surface area contributed by atoms with Crippen LogP contribution in [0.2, 0.25) is 0 Å². The van der Waals surface area contributed by atoms with Crippen LogP contribution in [0.1, 0.15) is 5.56 Å². The number of benzene rings is 1. The summed E-state index contributed by atoms with van der Waals surface area (Å²) in [6, 6.07) is 9.50. The average Bonchev–Trinajstić information content (AvgIpc) is 2.72. The summed E-state index contributed by atoms with van der Waals surface area (Å²) >= 11 is 0. The number of urea groups is 1. The van der Waals surface area contributed by atoms with Gasteiger partial charge in [-0.15, -0.1) is 0 Å². The molecule has 2 aromatic rings. The molecule has 1 saturated heterocycles. The molecule has 0 radical (unpaired) electrons. The maximum Gasteiger partial charge on any atom is 0.317 e. The van der Waals surface area contributed by atoms with Gasteiger partial charge in [0.15, 0.2) is 0 Å². The molecular weight excluding hydrogens is 332 g/mol. The number of aromatic nitrogens is 1. The van der Waals surface area contributed by atoms with Gasteiger partial charge in [0.25, 0.3) is 0 Å². The van der Waals surface area contributed by atoms with Crippen LogP contribution in [-0.4, -0.2) is 56.3 Å². The fourth-order valence-electron chi connectivity index (χ4n) is 2.98. The summed E-state index contributed by atoms with van der Waals surface area (Å²) in [5.74, 6) is 1.60. The Labute approximate surface area is 153 Å². The van der Waals surface area contributed by atoms with Gasteiger partial charge in [-0.25, -0.2) is 4.79 Å². The van der Waals surface area contributed by atoms with Crippen molar-refractivity contribution in [3.05, 3.63) is 48.3 Å². The number of hydrogen-bond donors (Lipinski definition) is 1. The Morgan fingerprint density at radius 3 is 2.46 bits per heavy atom. The van der Waals surface area contributed by atoms with Crippen LogP contribution in [0, 0.1) is 0 Å². The number of carbonyl (C=O) groups excluding carboxylic acids is 1. The second-order valence-electron chi connectivity index (χ2n) is 6.03. The fourth-order valence-corrected chi connectivity index (χ4v) is 2.98. The molecule has 0 saturated carbocycles. The molecule has 0 unspecified atom stereocenters. The lowest BCUT2D eigenvalue weighted by atomic mass is 10.2. The molecule has 1 fully saturated rings. The molecule has 3 rings (SSSR count). The number of methoxy groups -OCH3 is 2. The van der Waals surface area contributed by atoms with E-state index in [0.29, 0.717) is 19.6 Å². The molecule has 1 aromatic carbocycles. The van der Waals surface area contributed by atoms with Gasteiger partial charge in [-0.1, -0.05) is 0 Å². The van der Waals surface area contributed by atoms with Crippen LogP contribution >= 0.6 is 0 Å². The summed E-state index contributed by atoms with van der Waals surface area (Å²) < 4.78 is 10.8. The number of pyridine rings is 1. The minimum absolute atomic E-state index is 0.0425. The molecule has 0 aliphatic carbocycles. The summed E-state index contributed by atoms with van der Waals surface area (Å²) in [4.78, 5) is 20.4. The van der Waals surface area contributed by atoms with E-state index < -0.39 is 0 Å².